The number of esters is 1. The predicted molar refractivity (Wildman–Crippen MR) is 70.3 cm³/mol. The molecular formula is C12H18N2O3S. The van der Waals surface area contributed by atoms with E-state index in [2.05, 4.69) is 5.32 Å². The van der Waals surface area contributed by atoms with E-state index >= 15 is 0 Å². The average Bonchev–Trinajstić information content (AvgIpc) is 2.79. The summed E-state index contributed by atoms with van der Waals surface area (Å²) in [6.45, 7) is 2.96. The first kappa shape index (κ1) is 14.7. The molecule has 0 unspecified atom stereocenters. The fourth-order valence-corrected chi connectivity index (χ4v) is 2.03. The highest BCUT2D eigenvalue weighted by molar-refractivity contribution is 7.09. The lowest BCUT2D eigenvalue weighted by Gasteiger charge is -2.14. The number of nitrogens with one attached hydrogen (secondary N) is 1. The Morgan fingerprint density at radius 2 is 2.22 bits per heavy atom. The lowest BCUT2D eigenvalue weighted by Crippen LogP contribution is -2.37. The summed E-state index contributed by atoms with van der Waals surface area (Å²) >= 11 is 1.60. The normalized spacial score (nSPS) is 10.4. The van der Waals surface area contributed by atoms with Crippen LogP contribution in [0.5, 0.6) is 0 Å². The first-order valence-electron chi connectivity index (χ1n) is 5.75. The molecule has 18 heavy (non-hydrogen) atoms. The quantitative estimate of drug-likeness (QED) is 0.747. The fraction of sp³-hybridized carbons (Fsp3) is 0.500. The smallest absolute Gasteiger partial charge is 0.320 e. The maximum Gasteiger partial charge on any atom is 0.320 e. The van der Waals surface area contributed by atoms with Gasteiger partial charge in [0.1, 0.15) is 0 Å². The van der Waals surface area contributed by atoms with E-state index in [1.54, 1.807) is 30.2 Å². The second kappa shape index (κ2) is 7.84. The summed E-state index contributed by atoms with van der Waals surface area (Å²) in [6.07, 6.45) is 0. The van der Waals surface area contributed by atoms with E-state index in [0.29, 0.717) is 13.2 Å². The SMILES string of the molecule is CCOC(=O)CN(C)CC(=O)NCc1cccs1. The van der Waals surface area contributed by atoms with Crippen molar-refractivity contribution in [3.63, 3.8) is 0 Å². The third-order valence-corrected chi connectivity index (χ3v) is 3.03. The zero-order valence-electron chi connectivity index (χ0n) is 10.6. The standard InChI is InChI=1S/C12H18N2O3S/c1-3-17-12(16)9-14(2)8-11(15)13-7-10-5-4-6-18-10/h4-6H,3,7-9H2,1-2H3,(H,13,15). The summed E-state index contributed by atoms with van der Waals surface area (Å²) in [7, 11) is 1.71. The Balaban J connectivity index is 2.20. The molecule has 1 amide bonds. The molecule has 0 bridgehead atoms. The highest BCUT2D eigenvalue weighted by atomic mass is 32.1. The summed E-state index contributed by atoms with van der Waals surface area (Å²) < 4.78 is 4.80. The van der Waals surface area contributed by atoms with E-state index in [-0.39, 0.29) is 25.0 Å². The largest absolute Gasteiger partial charge is 0.465 e. The van der Waals surface area contributed by atoms with Gasteiger partial charge in [-0.15, -0.1) is 11.3 Å². The van der Waals surface area contributed by atoms with Crippen molar-refractivity contribution < 1.29 is 14.3 Å². The van der Waals surface area contributed by atoms with Gasteiger partial charge in [-0.2, -0.15) is 0 Å². The molecule has 6 heteroatoms. The van der Waals surface area contributed by atoms with Gasteiger partial charge < -0.3 is 10.1 Å². The van der Waals surface area contributed by atoms with Gasteiger partial charge >= 0.3 is 5.97 Å². The van der Waals surface area contributed by atoms with Gasteiger partial charge in [0, 0.05) is 4.88 Å². The molecule has 1 N–H and O–H groups in total. The molecule has 0 aromatic carbocycles. The van der Waals surface area contributed by atoms with E-state index < -0.39 is 0 Å². The van der Waals surface area contributed by atoms with Crippen molar-refractivity contribution in [3.8, 4) is 0 Å². The molecule has 0 aliphatic heterocycles. The number of rotatable bonds is 7. The number of hydrogen-bond acceptors (Lipinski definition) is 5. The van der Waals surface area contributed by atoms with Gasteiger partial charge in [0.25, 0.3) is 0 Å². The molecule has 0 aliphatic rings. The third kappa shape index (κ3) is 5.79. The molecule has 0 spiro atoms. The Hall–Kier alpha value is -1.40. The molecule has 0 atom stereocenters. The molecule has 1 heterocycles. The Labute approximate surface area is 111 Å². The van der Waals surface area contributed by atoms with Crippen LogP contribution in [-0.2, 0) is 20.9 Å². The van der Waals surface area contributed by atoms with Crippen LogP contribution in [0.4, 0.5) is 0 Å². The van der Waals surface area contributed by atoms with Crippen molar-refractivity contribution in [1.29, 1.82) is 0 Å². The monoisotopic (exact) mass is 270 g/mol. The fourth-order valence-electron chi connectivity index (χ4n) is 1.38. The highest BCUT2D eigenvalue weighted by Gasteiger charge is 2.10. The lowest BCUT2D eigenvalue weighted by atomic mass is 10.4. The van der Waals surface area contributed by atoms with Gasteiger partial charge in [0.15, 0.2) is 0 Å². The minimum Gasteiger partial charge on any atom is -0.465 e. The Morgan fingerprint density at radius 3 is 2.83 bits per heavy atom. The van der Waals surface area contributed by atoms with Crippen molar-refractivity contribution in [2.45, 2.75) is 13.5 Å². The summed E-state index contributed by atoms with van der Waals surface area (Å²) in [4.78, 5) is 25.5. The van der Waals surface area contributed by atoms with Gasteiger partial charge in [0.2, 0.25) is 5.91 Å². The number of carbonyl (C=O) groups excluding carboxylic acids is 2. The van der Waals surface area contributed by atoms with Crippen LogP contribution in [0.25, 0.3) is 0 Å². The summed E-state index contributed by atoms with van der Waals surface area (Å²) in [5.41, 5.74) is 0. The molecule has 0 saturated heterocycles. The van der Waals surface area contributed by atoms with E-state index in [9.17, 15) is 9.59 Å². The molecular weight excluding hydrogens is 252 g/mol. The predicted octanol–water partition coefficient (Wildman–Crippen LogP) is 0.859. The zero-order valence-corrected chi connectivity index (χ0v) is 11.5. The lowest BCUT2D eigenvalue weighted by molar-refractivity contribution is -0.144. The first-order chi connectivity index (χ1) is 8.61. The summed E-state index contributed by atoms with van der Waals surface area (Å²) in [5, 5.41) is 4.77. The summed E-state index contributed by atoms with van der Waals surface area (Å²) in [6, 6.07) is 3.91. The maximum absolute atomic E-state index is 11.6. The van der Waals surface area contributed by atoms with E-state index in [4.69, 9.17) is 4.74 Å². The van der Waals surface area contributed by atoms with Crippen LogP contribution >= 0.6 is 11.3 Å². The van der Waals surface area contributed by atoms with Crippen molar-refractivity contribution >= 4 is 23.2 Å². The number of nitrogens with zero attached hydrogens (tertiary/aromatic N) is 1. The molecule has 5 nitrogen and oxygen atoms in total. The Kier molecular flexibility index (Phi) is 6.38. The minimum absolute atomic E-state index is 0.102. The molecule has 1 aromatic heterocycles. The number of amides is 1. The van der Waals surface area contributed by atoms with Gasteiger partial charge in [0.05, 0.1) is 26.2 Å². The van der Waals surface area contributed by atoms with Gasteiger partial charge in [-0.05, 0) is 25.4 Å². The van der Waals surface area contributed by atoms with Gasteiger partial charge in [-0.25, -0.2) is 0 Å². The molecule has 1 aromatic rings. The van der Waals surface area contributed by atoms with Crippen LogP contribution in [0.1, 0.15) is 11.8 Å². The minimum atomic E-state index is -0.314. The second-order valence-corrected chi connectivity index (χ2v) is 4.87. The number of likely N-dealkylation sites (N-methyl/N-ethyl adjacent to an activating group) is 1. The van der Waals surface area contributed by atoms with E-state index in [0.717, 1.165) is 4.88 Å². The van der Waals surface area contributed by atoms with Crippen LogP contribution in [0.3, 0.4) is 0 Å². The Bertz CT molecular complexity index is 379. The number of carbonyl (C=O) groups is 2. The highest BCUT2D eigenvalue weighted by Crippen LogP contribution is 2.07. The van der Waals surface area contributed by atoms with Crippen molar-refractivity contribution in [3.05, 3.63) is 22.4 Å². The van der Waals surface area contributed by atoms with Crippen LogP contribution in [0, 0.1) is 0 Å². The molecule has 0 fully saturated rings. The van der Waals surface area contributed by atoms with Crippen LogP contribution in [0.15, 0.2) is 17.5 Å². The molecule has 1 rings (SSSR count). The van der Waals surface area contributed by atoms with Gasteiger partial charge in [-0.1, -0.05) is 6.07 Å². The van der Waals surface area contributed by atoms with Crippen molar-refractivity contribution in [2.24, 2.45) is 0 Å². The van der Waals surface area contributed by atoms with Crippen molar-refractivity contribution in [1.82, 2.24) is 10.2 Å². The molecule has 0 radical (unpaired) electrons. The number of hydrogen-bond donors (Lipinski definition) is 1. The third-order valence-electron chi connectivity index (χ3n) is 2.16. The number of thiophene rings is 1. The van der Waals surface area contributed by atoms with Crippen molar-refractivity contribution in [2.75, 3.05) is 26.7 Å². The first-order valence-corrected chi connectivity index (χ1v) is 6.63. The summed E-state index contributed by atoms with van der Waals surface area (Å²) in [5.74, 6) is -0.416. The average molecular weight is 270 g/mol. The molecule has 100 valence electrons. The molecule has 0 saturated carbocycles. The van der Waals surface area contributed by atoms with Crippen LogP contribution in [-0.4, -0.2) is 43.5 Å². The molecule has 0 aliphatic carbocycles. The van der Waals surface area contributed by atoms with Crippen LogP contribution in [0.2, 0.25) is 0 Å². The van der Waals surface area contributed by atoms with E-state index in [1.165, 1.54) is 0 Å². The topological polar surface area (TPSA) is 58.6 Å². The maximum atomic E-state index is 11.6. The van der Waals surface area contributed by atoms with Crippen LogP contribution < -0.4 is 5.32 Å². The zero-order chi connectivity index (χ0) is 13.4. The van der Waals surface area contributed by atoms with Gasteiger partial charge in [-0.3, -0.25) is 14.5 Å². The van der Waals surface area contributed by atoms with E-state index in [1.807, 2.05) is 17.5 Å². The number of ether oxygens (including phenoxy) is 1. The second-order valence-electron chi connectivity index (χ2n) is 3.83. The Morgan fingerprint density at radius 1 is 1.44 bits per heavy atom.